The van der Waals surface area contributed by atoms with Crippen LogP contribution in [0.4, 0.5) is 11.6 Å². The zero-order valence-corrected chi connectivity index (χ0v) is 9.69. The lowest BCUT2D eigenvalue weighted by Gasteiger charge is -2.31. The van der Waals surface area contributed by atoms with Crippen LogP contribution in [0.2, 0.25) is 0 Å². The minimum Gasteiger partial charge on any atom is -0.391 e. The van der Waals surface area contributed by atoms with Crippen LogP contribution in [-0.4, -0.2) is 35.8 Å². The number of piperidine rings is 1. The molecule has 1 fully saturated rings. The Balaban J connectivity index is 2.09. The number of hydrogen-bond acceptors (Lipinski definition) is 4. The van der Waals surface area contributed by atoms with Crippen LogP contribution in [-0.2, 0) is 0 Å². The summed E-state index contributed by atoms with van der Waals surface area (Å²) in [6.07, 6.45) is 1.73. The summed E-state index contributed by atoms with van der Waals surface area (Å²) in [5, 5.41) is 12.8. The van der Waals surface area contributed by atoms with Crippen LogP contribution >= 0.6 is 0 Å². The van der Waals surface area contributed by atoms with Crippen molar-refractivity contribution >= 4 is 11.6 Å². The molecule has 88 valence electrons. The van der Waals surface area contributed by atoms with Crippen LogP contribution in [0.5, 0.6) is 0 Å². The van der Waals surface area contributed by atoms with E-state index in [1.807, 2.05) is 18.2 Å². The van der Waals surface area contributed by atoms with Crippen molar-refractivity contribution in [3.05, 3.63) is 18.2 Å². The van der Waals surface area contributed by atoms with Gasteiger partial charge in [0.1, 0.15) is 11.6 Å². The molecule has 1 saturated heterocycles. The summed E-state index contributed by atoms with van der Waals surface area (Å²) in [4.78, 5) is 6.67. The molecule has 1 aromatic heterocycles. The Hall–Kier alpha value is -1.29. The van der Waals surface area contributed by atoms with Crippen molar-refractivity contribution in [2.45, 2.75) is 25.9 Å². The summed E-state index contributed by atoms with van der Waals surface area (Å²) < 4.78 is 0. The van der Waals surface area contributed by atoms with Gasteiger partial charge in [-0.25, -0.2) is 4.98 Å². The molecule has 16 heavy (non-hydrogen) atoms. The Labute approximate surface area is 96.3 Å². The largest absolute Gasteiger partial charge is 0.391 e. The third-order valence-corrected chi connectivity index (χ3v) is 2.81. The second-order valence-corrected chi connectivity index (χ2v) is 4.15. The van der Waals surface area contributed by atoms with Gasteiger partial charge in [0.05, 0.1) is 6.10 Å². The highest BCUT2D eigenvalue weighted by atomic mass is 16.3. The van der Waals surface area contributed by atoms with Gasteiger partial charge in [0.2, 0.25) is 0 Å². The number of nitrogens with zero attached hydrogens (tertiary/aromatic N) is 2. The molecule has 2 heterocycles. The predicted molar refractivity (Wildman–Crippen MR) is 65.9 cm³/mol. The van der Waals surface area contributed by atoms with Crippen molar-refractivity contribution in [2.75, 3.05) is 29.9 Å². The maximum atomic E-state index is 9.63. The monoisotopic (exact) mass is 221 g/mol. The minimum absolute atomic E-state index is 0.210. The summed E-state index contributed by atoms with van der Waals surface area (Å²) in [5.41, 5.74) is 0. The van der Waals surface area contributed by atoms with Gasteiger partial charge in [-0.3, -0.25) is 0 Å². The quantitative estimate of drug-likeness (QED) is 0.811. The molecule has 0 aliphatic carbocycles. The average molecular weight is 221 g/mol. The fraction of sp³-hybridized carbons (Fsp3) is 0.583. The molecule has 2 rings (SSSR count). The lowest BCUT2D eigenvalue weighted by molar-refractivity contribution is 0.154. The lowest BCUT2D eigenvalue weighted by Crippen LogP contribution is -2.38. The topological polar surface area (TPSA) is 48.4 Å². The van der Waals surface area contributed by atoms with E-state index in [0.717, 1.165) is 37.6 Å². The van der Waals surface area contributed by atoms with E-state index in [-0.39, 0.29) is 6.10 Å². The van der Waals surface area contributed by atoms with Gasteiger partial charge in [0.25, 0.3) is 0 Å². The molecule has 0 amide bonds. The van der Waals surface area contributed by atoms with Crippen molar-refractivity contribution in [1.29, 1.82) is 0 Å². The highest BCUT2D eigenvalue weighted by Gasteiger charge is 2.18. The second-order valence-electron chi connectivity index (χ2n) is 4.15. The normalized spacial score (nSPS) is 20.9. The summed E-state index contributed by atoms with van der Waals surface area (Å²) in [5.74, 6) is 1.86. The number of nitrogens with one attached hydrogen (secondary N) is 1. The van der Waals surface area contributed by atoms with Crippen molar-refractivity contribution in [3.8, 4) is 0 Å². The standard InChI is InChI=1S/C12H19N3O/c1-2-13-11-6-3-7-12(14-11)15-8-4-5-10(16)9-15/h3,6-7,10,16H,2,4-5,8-9H2,1H3,(H,13,14). The molecule has 1 aliphatic rings. The van der Waals surface area contributed by atoms with Crippen molar-refractivity contribution < 1.29 is 5.11 Å². The first-order valence-electron chi connectivity index (χ1n) is 5.93. The molecule has 0 saturated carbocycles. The van der Waals surface area contributed by atoms with Crippen LogP contribution in [0, 0.1) is 0 Å². The summed E-state index contributed by atoms with van der Waals surface area (Å²) in [7, 11) is 0. The van der Waals surface area contributed by atoms with Gasteiger partial charge in [0.15, 0.2) is 0 Å². The van der Waals surface area contributed by atoms with Gasteiger partial charge in [-0.1, -0.05) is 6.07 Å². The maximum Gasteiger partial charge on any atom is 0.131 e. The molecule has 1 atom stereocenters. The van der Waals surface area contributed by atoms with Crippen LogP contribution in [0.15, 0.2) is 18.2 Å². The number of aromatic nitrogens is 1. The molecule has 0 spiro atoms. The van der Waals surface area contributed by atoms with Crippen LogP contribution in [0.1, 0.15) is 19.8 Å². The second kappa shape index (κ2) is 5.16. The van der Waals surface area contributed by atoms with Gasteiger partial charge >= 0.3 is 0 Å². The van der Waals surface area contributed by atoms with Crippen LogP contribution < -0.4 is 10.2 Å². The molecule has 2 N–H and O–H groups in total. The number of β-amino-alcohol motifs (C(OH)–C–C–N with tert-alkyl or cyclic N) is 1. The first-order valence-corrected chi connectivity index (χ1v) is 5.93. The van der Waals surface area contributed by atoms with Crippen molar-refractivity contribution in [3.63, 3.8) is 0 Å². The van der Waals surface area contributed by atoms with Crippen LogP contribution in [0.25, 0.3) is 0 Å². The number of aliphatic hydroxyl groups is 1. The van der Waals surface area contributed by atoms with E-state index >= 15 is 0 Å². The third kappa shape index (κ3) is 2.64. The van der Waals surface area contributed by atoms with Crippen LogP contribution in [0.3, 0.4) is 0 Å². The molecular weight excluding hydrogens is 202 g/mol. The van der Waals surface area contributed by atoms with Gasteiger partial charge < -0.3 is 15.3 Å². The Morgan fingerprint density at radius 1 is 1.56 bits per heavy atom. The summed E-state index contributed by atoms with van der Waals surface area (Å²) >= 11 is 0. The molecule has 4 nitrogen and oxygen atoms in total. The zero-order valence-electron chi connectivity index (χ0n) is 9.69. The zero-order chi connectivity index (χ0) is 11.4. The number of aliphatic hydroxyl groups excluding tert-OH is 1. The highest BCUT2D eigenvalue weighted by molar-refractivity contribution is 5.47. The van der Waals surface area contributed by atoms with Gasteiger partial charge in [-0.05, 0) is 31.9 Å². The fourth-order valence-corrected chi connectivity index (χ4v) is 2.04. The number of rotatable bonds is 3. The van der Waals surface area contributed by atoms with Crippen molar-refractivity contribution in [1.82, 2.24) is 4.98 Å². The maximum absolute atomic E-state index is 9.63. The molecule has 1 aliphatic heterocycles. The number of hydrogen-bond donors (Lipinski definition) is 2. The minimum atomic E-state index is -0.210. The van der Waals surface area contributed by atoms with E-state index in [4.69, 9.17) is 0 Å². The number of pyridine rings is 1. The van der Waals surface area contributed by atoms with E-state index in [1.165, 1.54) is 0 Å². The molecule has 0 bridgehead atoms. The highest BCUT2D eigenvalue weighted by Crippen LogP contribution is 2.19. The lowest BCUT2D eigenvalue weighted by atomic mass is 10.1. The van der Waals surface area contributed by atoms with E-state index in [0.29, 0.717) is 6.54 Å². The Kier molecular flexibility index (Phi) is 3.62. The smallest absolute Gasteiger partial charge is 0.131 e. The van der Waals surface area contributed by atoms with Crippen molar-refractivity contribution in [2.24, 2.45) is 0 Å². The SMILES string of the molecule is CCNc1cccc(N2CCCC(O)C2)n1. The van der Waals surface area contributed by atoms with E-state index < -0.39 is 0 Å². The predicted octanol–water partition coefficient (Wildman–Crippen LogP) is 1.47. The average Bonchev–Trinajstić information content (AvgIpc) is 2.30. The Morgan fingerprint density at radius 3 is 3.19 bits per heavy atom. The van der Waals surface area contributed by atoms with Gasteiger partial charge in [-0.15, -0.1) is 0 Å². The van der Waals surface area contributed by atoms with Gasteiger partial charge in [-0.2, -0.15) is 0 Å². The fourth-order valence-electron chi connectivity index (χ4n) is 2.04. The molecule has 0 radical (unpaired) electrons. The third-order valence-electron chi connectivity index (χ3n) is 2.81. The Bertz CT molecular complexity index is 343. The summed E-state index contributed by atoms with van der Waals surface area (Å²) in [6.45, 7) is 4.61. The first kappa shape index (κ1) is 11.2. The molecular formula is C12H19N3O. The molecule has 1 aromatic rings. The van der Waals surface area contributed by atoms with E-state index in [1.54, 1.807) is 0 Å². The Morgan fingerprint density at radius 2 is 2.44 bits per heavy atom. The van der Waals surface area contributed by atoms with E-state index in [9.17, 15) is 5.11 Å². The first-order chi connectivity index (χ1) is 7.79. The van der Waals surface area contributed by atoms with E-state index in [2.05, 4.69) is 22.1 Å². The van der Waals surface area contributed by atoms with Gasteiger partial charge in [0, 0.05) is 19.6 Å². The molecule has 0 aromatic carbocycles. The summed E-state index contributed by atoms with van der Waals surface area (Å²) in [6, 6.07) is 5.97. The molecule has 1 unspecified atom stereocenters. The molecule has 4 heteroatoms. The number of anilines is 2.